The van der Waals surface area contributed by atoms with Crippen molar-refractivity contribution < 1.29 is 0 Å². The van der Waals surface area contributed by atoms with Crippen LogP contribution in [0, 0.1) is 0 Å². The molecule has 5 heteroatoms. The first-order valence-corrected chi connectivity index (χ1v) is 6.52. The summed E-state index contributed by atoms with van der Waals surface area (Å²) in [7, 11) is 0. The van der Waals surface area contributed by atoms with E-state index < -0.39 is 0 Å². The number of benzene rings is 2. The Balaban J connectivity index is 2.26. The van der Waals surface area contributed by atoms with E-state index in [1.807, 2.05) is 36.4 Å². The molecule has 2 aromatic carbocycles. The van der Waals surface area contributed by atoms with Crippen LogP contribution in [0.5, 0.6) is 0 Å². The summed E-state index contributed by atoms with van der Waals surface area (Å²) < 4.78 is 0.937. The summed E-state index contributed by atoms with van der Waals surface area (Å²) >= 11 is 9.60. The molecule has 0 fully saturated rings. The molecule has 0 aliphatic heterocycles. The number of aromatic nitrogens is 2. The van der Waals surface area contributed by atoms with Gasteiger partial charge in [-0.15, -0.1) is 0 Å². The lowest BCUT2D eigenvalue weighted by atomic mass is 10.2. The van der Waals surface area contributed by atoms with Gasteiger partial charge in [0.2, 0.25) is 0 Å². The molecule has 1 aromatic heterocycles. The van der Waals surface area contributed by atoms with Crippen molar-refractivity contribution in [3.8, 4) is 11.4 Å². The normalized spacial score (nSPS) is 11.0. The van der Waals surface area contributed by atoms with E-state index in [1.54, 1.807) is 0 Å². The fourth-order valence-corrected chi connectivity index (χ4v) is 2.50. The molecular weight excluding hydrogens is 314 g/mol. The first kappa shape index (κ1) is 11.6. The van der Waals surface area contributed by atoms with Gasteiger partial charge in [0, 0.05) is 15.7 Å². The third-order valence-electron chi connectivity index (χ3n) is 2.71. The van der Waals surface area contributed by atoms with E-state index in [0.717, 1.165) is 26.9 Å². The first-order chi connectivity index (χ1) is 8.65. The van der Waals surface area contributed by atoms with Gasteiger partial charge in [-0.1, -0.05) is 33.6 Å². The first-order valence-electron chi connectivity index (χ1n) is 5.35. The summed E-state index contributed by atoms with van der Waals surface area (Å²) in [5, 5.41) is 0.634. The number of nitrogen functional groups attached to an aromatic ring is 1. The number of rotatable bonds is 1. The van der Waals surface area contributed by atoms with Crippen molar-refractivity contribution in [3.63, 3.8) is 0 Å². The predicted octanol–water partition coefficient (Wildman–Crippen LogP) is 4.23. The molecule has 0 saturated carbocycles. The maximum Gasteiger partial charge on any atom is 0.139 e. The quantitative estimate of drug-likeness (QED) is 0.659. The molecule has 1 heterocycles. The number of hydrogen-bond donors (Lipinski definition) is 2. The molecule has 3 aromatic rings. The van der Waals surface area contributed by atoms with Gasteiger partial charge in [0.15, 0.2) is 0 Å². The van der Waals surface area contributed by atoms with Crippen molar-refractivity contribution in [1.82, 2.24) is 9.97 Å². The topological polar surface area (TPSA) is 54.7 Å². The number of anilines is 1. The highest BCUT2D eigenvalue weighted by atomic mass is 79.9. The molecule has 3 N–H and O–H groups in total. The van der Waals surface area contributed by atoms with Crippen LogP contribution in [0.25, 0.3) is 22.4 Å². The van der Waals surface area contributed by atoms with Gasteiger partial charge in [0.1, 0.15) is 11.3 Å². The zero-order valence-electron chi connectivity index (χ0n) is 9.24. The Morgan fingerprint density at radius 2 is 2.06 bits per heavy atom. The van der Waals surface area contributed by atoms with Gasteiger partial charge < -0.3 is 10.7 Å². The van der Waals surface area contributed by atoms with E-state index in [4.69, 9.17) is 17.3 Å². The minimum absolute atomic E-state index is 0.634. The molecule has 0 aliphatic rings. The highest BCUT2D eigenvalue weighted by Gasteiger charge is 2.10. The lowest BCUT2D eigenvalue weighted by molar-refractivity contribution is 1.33. The average molecular weight is 323 g/mol. The minimum Gasteiger partial charge on any atom is -0.399 e. The number of para-hydroxylation sites is 1. The summed E-state index contributed by atoms with van der Waals surface area (Å²) in [6.07, 6.45) is 0. The van der Waals surface area contributed by atoms with Crippen LogP contribution in [-0.2, 0) is 0 Å². The molecule has 0 bridgehead atoms. The van der Waals surface area contributed by atoms with Crippen molar-refractivity contribution >= 4 is 44.3 Å². The minimum atomic E-state index is 0.634. The Kier molecular flexibility index (Phi) is 2.76. The monoisotopic (exact) mass is 321 g/mol. The third-order valence-corrected chi connectivity index (χ3v) is 3.71. The van der Waals surface area contributed by atoms with Crippen LogP contribution in [0.15, 0.2) is 40.9 Å². The van der Waals surface area contributed by atoms with E-state index in [9.17, 15) is 0 Å². The average Bonchev–Trinajstić information content (AvgIpc) is 2.77. The molecule has 0 amide bonds. The zero-order valence-corrected chi connectivity index (χ0v) is 11.6. The Bertz CT molecular complexity index is 736. The van der Waals surface area contributed by atoms with Gasteiger partial charge in [-0.2, -0.15) is 0 Å². The fraction of sp³-hybridized carbons (Fsp3) is 0. The number of H-pyrrole nitrogens is 1. The second kappa shape index (κ2) is 4.30. The van der Waals surface area contributed by atoms with Crippen molar-refractivity contribution in [2.45, 2.75) is 0 Å². The Labute approximate surface area is 117 Å². The highest BCUT2D eigenvalue weighted by Crippen LogP contribution is 2.31. The number of fused-ring (bicyclic) bond motifs is 1. The van der Waals surface area contributed by atoms with Crippen molar-refractivity contribution in [1.29, 1.82) is 0 Å². The van der Waals surface area contributed by atoms with Gasteiger partial charge >= 0.3 is 0 Å². The summed E-state index contributed by atoms with van der Waals surface area (Å²) in [6, 6.07) is 11.3. The molecule has 0 atom stereocenters. The SMILES string of the molecule is Nc1ccc(Br)c(-c2nc3c(Cl)cccc3[nH]2)c1. The number of aromatic amines is 1. The molecule has 3 rings (SSSR count). The molecule has 0 radical (unpaired) electrons. The maximum atomic E-state index is 6.11. The summed E-state index contributed by atoms with van der Waals surface area (Å²) in [6.45, 7) is 0. The summed E-state index contributed by atoms with van der Waals surface area (Å²) in [5.41, 5.74) is 9.09. The van der Waals surface area contributed by atoms with Gasteiger partial charge in [0.05, 0.1) is 10.5 Å². The van der Waals surface area contributed by atoms with Crippen molar-refractivity contribution in [3.05, 3.63) is 45.9 Å². The van der Waals surface area contributed by atoms with Crippen LogP contribution in [0.2, 0.25) is 5.02 Å². The number of nitrogens with one attached hydrogen (secondary N) is 1. The molecule has 3 nitrogen and oxygen atoms in total. The van der Waals surface area contributed by atoms with Crippen LogP contribution in [0.4, 0.5) is 5.69 Å². The lowest BCUT2D eigenvalue weighted by Crippen LogP contribution is -1.88. The van der Waals surface area contributed by atoms with Gasteiger partial charge in [-0.25, -0.2) is 4.98 Å². The van der Waals surface area contributed by atoms with Gasteiger partial charge in [-0.3, -0.25) is 0 Å². The van der Waals surface area contributed by atoms with Crippen LogP contribution >= 0.6 is 27.5 Å². The third kappa shape index (κ3) is 1.87. The lowest BCUT2D eigenvalue weighted by Gasteiger charge is -2.01. The van der Waals surface area contributed by atoms with E-state index >= 15 is 0 Å². The molecule has 0 aliphatic carbocycles. The predicted molar refractivity (Wildman–Crippen MR) is 78.7 cm³/mol. The number of nitrogens with zero attached hydrogens (tertiary/aromatic N) is 1. The highest BCUT2D eigenvalue weighted by molar-refractivity contribution is 9.10. The largest absolute Gasteiger partial charge is 0.399 e. The molecule has 18 heavy (non-hydrogen) atoms. The summed E-state index contributed by atoms with van der Waals surface area (Å²) in [4.78, 5) is 7.75. The number of nitrogens with two attached hydrogens (primary N) is 1. The van der Waals surface area contributed by atoms with E-state index in [1.165, 1.54) is 0 Å². The van der Waals surface area contributed by atoms with Crippen LogP contribution in [0.1, 0.15) is 0 Å². The van der Waals surface area contributed by atoms with Crippen molar-refractivity contribution in [2.24, 2.45) is 0 Å². The Hall–Kier alpha value is -1.52. The smallest absolute Gasteiger partial charge is 0.139 e. The maximum absolute atomic E-state index is 6.11. The molecule has 0 unspecified atom stereocenters. The van der Waals surface area contributed by atoms with Crippen LogP contribution in [-0.4, -0.2) is 9.97 Å². The van der Waals surface area contributed by atoms with Gasteiger partial charge in [0.25, 0.3) is 0 Å². The molecule has 0 spiro atoms. The molecule has 90 valence electrons. The molecule has 0 saturated heterocycles. The standard InChI is InChI=1S/C13H9BrClN3/c14-9-5-4-7(16)6-8(9)13-17-11-3-1-2-10(15)12(11)18-13/h1-6H,16H2,(H,17,18). The second-order valence-corrected chi connectivity index (χ2v) is 5.22. The number of imidazole rings is 1. The summed E-state index contributed by atoms with van der Waals surface area (Å²) in [5.74, 6) is 0.747. The van der Waals surface area contributed by atoms with Crippen LogP contribution < -0.4 is 5.73 Å². The Morgan fingerprint density at radius 1 is 1.22 bits per heavy atom. The van der Waals surface area contributed by atoms with E-state index in [-0.39, 0.29) is 0 Å². The second-order valence-electron chi connectivity index (χ2n) is 3.96. The fourth-order valence-electron chi connectivity index (χ4n) is 1.85. The van der Waals surface area contributed by atoms with Gasteiger partial charge in [-0.05, 0) is 30.3 Å². The Morgan fingerprint density at radius 3 is 2.83 bits per heavy atom. The molecular formula is C13H9BrClN3. The van der Waals surface area contributed by atoms with Crippen LogP contribution in [0.3, 0.4) is 0 Å². The van der Waals surface area contributed by atoms with E-state index in [0.29, 0.717) is 10.7 Å². The number of hydrogen-bond acceptors (Lipinski definition) is 2. The van der Waals surface area contributed by atoms with E-state index in [2.05, 4.69) is 25.9 Å². The van der Waals surface area contributed by atoms with Crippen molar-refractivity contribution in [2.75, 3.05) is 5.73 Å². The number of halogens is 2. The zero-order chi connectivity index (χ0) is 12.7.